The van der Waals surface area contributed by atoms with Gasteiger partial charge in [0.05, 0.1) is 13.5 Å². The molecule has 1 rings (SSSR count). The van der Waals surface area contributed by atoms with Crippen molar-refractivity contribution in [3.63, 3.8) is 0 Å². The molecule has 1 aromatic rings. The number of rotatable bonds is 3. The van der Waals surface area contributed by atoms with Gasteiger partial charge in [0.25, 0.3) is 5.69 Å². The van der Waals surface area contributed by atoms with Crippen LogP contribution in [-0.2, 0) is 0 Å². The van der Waals surface area contributed by atoms with E-state index in [0.717, 1.165) is 5.56 Å². The van der Waals surface area contributed by atoms with E-state index in [9.17, 15) is 10.1 Å². The molecule has 6 heteroatoms. The quantitative estimate of drug-likeness (QED) is 0.444. The fourth-order valence-corrected chi connectivity index (χ4v) is 1.84. The molecule has 3 nitrogen and oxygen atoms in total. The standard InChI is InChI=1S/C8H6Br3NO2/c9-7(8(10)11)5-1-3-6(4-2-5)12(13)14/h1-4,7-8H. The number of hydrogen-bond acceptors (Lipinski definition) is 2. The van der Waals surface area contributed by atoms with E-state index in [2.05, 4.69) is 47.8 Å². The molecule has 14 heavy (non-hydrogen) atoms. The smallest absolute Gasteiger partial charge is 0.258 e. The first-order chi connectivity index (χ1) is 6.52. The molecular weight excluding hydrogens is 382 g/mol. The van der Waals surface area contributed by atoms with Crippen molar-refractivity contribution in [1.82, 2.24) is 0 Å². The van der Waals surface area contributed by atoms with Crippen molar-refractivity contribution >= 4 is 53.5 Å². The summed E-state index contributed by atoms with van der Waals surface area (Å²) in [7, 11) is 0. The summed E-state index contributed by atoms with van der Waals surface area (Å²) in [6.07, 6.45) is 0. The molecule has 0 N–H and O–H groups in total. The van der Waals surface area contributed by atoms with Crippen molar-refractivity contribution < 1.29 is 4.92 Å². The van der Waals surface area contributed by atoms with Crippen LogP contribution in [0.2, 0.25) is 0 Å². The van der Waals surface area contributed by atoms with Crippen molar-refractivity contribution in [2.24, 2.45) is 0 Å². The maximum atomic E-state index is 10.4. The second kappa shape index (κ2) is 5.23. The molecule has 0 aliphatic rings. The van der Waals surface area contributed by atoms with Crippen LogP contribution in [0.1, 0.15) is 10.4 Å². The van der Waals surface area contributed by atoms with Gasteiger partial charge in [-0.25, -0.2) is 0 Å². The van der Waals surface area contributed by atoms with Gasteiger partial charge < -0.3 is 0 Å². The number of nitrogens with zero attached hydrogens (tertiary/aromatic N) is 1. The lowest BCUT2D eigenvalue weighted by atomic mass is 10.1. The SMILES string of the molecule is O=[N+]([O-])c1ccc(C(Br)C(Br)Br)cc1. The zero-order chi connectivity index (χ0) is 10.7. The van der Waals surface area contributed by atoms with Crippen LogP contribution in [0.25, 0.3) is 0 Å². The Morgan fingerprint density at radius 1 is 1.14 bits per heavy atom. The third-order valence-electron chi connectivity index (χ3n) is 1.64. The minimum atomic E-state index is -0.410. The Morgan fingerprint density at radius 3 is 2.00 bits per heavy atom. The molecule has 0 aromatic heterocycles. The van der Waals surface area contributed by atoms with E-state index in [0.29, 0.717) is 0 Å². The molecule has 1 aromatic carbocycles. The lowest BCUT2D eigenvalue weighted by Gasteiger charge is -2.10. The molecule has 0 spiro atoms. The Bertz CT molecular complexity index is 326. The van der Waals surface area contributed by atoms with Crippen molar-refractivity contribution in [1.29, 1.82) is 0 Å². The molecule has 0 amide bonds. The molecule has 0 saturated carbocycles. The van der Waals surface area contributed by atoms with E-state index < -0.39 is 4.92 Å². The van der Waals surface area contributed by atoms with Crippen molar-refractivity contribution in [3.8, 4) is 0 Å². The summed E-state index contributed by atoms with van der Waals surface area (Å²) in [5.41, 5.74) is 1.09. The number of alkyl halides is 3. The molecular formula is C8H6Br3NO2. The van der Waals surface area contributed by atoms with E-state index in [-0.39, 0.29) is 14.3 Å². The molecule has 0 aliphatic heterocycles. The van der Waals surface area contributed by atoms with Gasteiger partial charge in [-0.2, -0.15) is 0 Å². The average Bonchev–Trinajstić information content (AvgIpc) is 2.16. The molecule has 0 aliphatic carbocycles. The van der Waals surface area contributed by atoms with E-state index in [4.69, 9.17) is 0 Å². The topological polar surface area (TPSA) is 43.1 Å². The molecule has 0 fully saturated rings. The fraction of sp³-hybridized carbons (Fsp3) is 0.250. The number of nitro benzene ring substituents is 1. The highest BCUT2D eigenvalue weighted by atomic mass is 79.9. The van der Waals surface area contributed by atoms with Gasteiger partial charge in [-0.1, -0.05) is 59.9 Å². The maximum absolute atomic E-state index is 10.4. The second-order valence-corrected chi connectivity index (χ2v) is 6.77. The van der Waals surface area contributed by atoms with Crippen LogP contribution in [0.15, 0.2) is 24.3 Å². The van der Waals surface area contributed by atoms with Gasteiger partial charge in [0.2, 0.25) is 0 Å². The van der Waals surface area contributed by atoms with Crippen LogP contribution in [0.3, 0.4) is 0 Å². The monoisotopic (exact) mass is 385 g/mol. The highest BCUT2D eigenvalue weighted by molar-refractivity contribution is 9.25. The number of hydrogen-bond donors (Lipinski definition) is 0. The van der Waals surface area contributed by atoms with Crippen LogP contribution in [0.5, 0.6) is 0 Å². The molecule has 1 atom stereocenters. The fourth-order valence-electron chi connectivity index (χ4n) is 0.925. The predicted octanol–water partition coefficient (Wildman–Crippen LogP) is 4.15. The molecule has 0 radical (unpaired) electrons. The Balaban J connectivity index is 2.88. The predicted molar refractivity (Wildman–Crippen MR) is 66.4 cm³/mol. The van der Waals surface area contributed by atoms with Gasteiger partial charge in [-0.3, -0.25) is 10.1 Å². The van der Waals surface area contributed by atoms with Gasteiger partial charge >= 0.3 is 0 Å². The third-order valence-corrected chi connectivity index (χ3v) is 5.18. The molecule has 76 valence electrons. The molecule has 0 heterocycles. The van der Waals surface area contributed by atoms with Gasteiger partial charge in [-0.05, 0) is 5.56 Å². The lowest BCUT2D eigenvalue weighted by Crippen LogP contribution is -1.98. The third kappa shape index (κ3) is 3.03. The Hall–Kier alpha value is 0.0600. The Morgan fingerprint density at radius 2 is 1.64 bits per heavy atom. The normalized spacial score (nSPS) is 12.9. The van der Waals surface area contributed by atoms with Crippen molar-refractivity contribution in [2.45, 2.75) is 8.56 Å². The maximum Gasteiger partial charge on any atom is 0.269 e. The van der Waals surface area contributed by atoms with E-state index in [1.54, 1.807) is 12.1 Å². The van der Waals surface area contributed by atoms with Gasteiger partial charge in [0, 0.05) is 12.1 Å². The highest BCUT2D eigenvalue weighted by Crippen LogP contribution is 2.35. The van der Waals surface area contributed by atoms with E-state index in [1.165, 1.54) is 12.1 Å². The minimum Gasteiger partial charge on any atom is -0.258 e. The summed E-state index contributed by atoms with van der Waals surface area (Å²) in [6.45, 7) is 0. The number of halogens is 3. The molecule has 0 saturated heterocycles. The Labute approximate surface area is 106 Å². The van der Waals surface area contributed by atoms with Gasteiger partial charge in [0.1, 0.15) is 0 Å². The van der Waals surface area contributed by atoms with E-state index in [1.807, 2.05) is 0 Å². The Kier molecular flexibility index (Phi) is 4.53. The van der Waals surface area contributed by atoms with Crippen LogP contribution in [-0.4, -0.2) is 8.66 Å². The van der Waals surface area contributed by atoms with Gasteiger partial charge in [-0.15, -0.1) is 0 Å². The van der Waals surface area contributed by atoms with Crippen LogP contribution >= 0.6 is 47.8 Å². The largest absolute Gasteiger partial charge is 0.269 e. The minimum absolute atomic E-state index is 0.0864. The molecule has 1 unspecified atom stereocenters. The van der Waals surface area contributed by atoms with Crippen LogP contribution in [0, 0.1) is 10.1 Å². The number of benzene rings is 1. The zero-order valence-electron chi connectivity index (χ0n) is 6.86. The summed E-state index contributed by atoms with van der Waals surface area (Å²) in [6, 6.07) is 6.44. The first kappa shape index (κ1) is 12.1. The summed E-state index contributed by atoms with van der Waals surface area (Å²) in [5, 5.41) is 10.4. The van der Waals surface area contributed by atoms with E-state index >= 15 is 0 Å². The first-order valence-electron chi connectivity index (χ1n) is 3.69. The molecule has 0 bridgehead atoms. The second-order valence-electron chi connectivity index (χ2n) is 2.58. The van der Waals surface area contributed by atoms with Gasteiger partial charge in [0.15, 0.2) is 0 Å². The average molecular weight is 388 g/mol. The van der Waals surface area contributed by atoms with Crippen LogP contribution < -0.4 is 0 Å². The lowest BCUT2D eigenvalue weighted by molar-refractivity contribution is -0.384. The number of nitro groups is 1. The van der Waals surface area contributed by atoms with Crippen molar-refractivity contribution in [2.75, 3.05) is 0 Å². The summed E-state index contributed by atoms with van der Waals surface area (Å²) >= 11 is 10.2. The van der Waals surface area contributed by atoms with Crippen LogP contribution in [0.4, 0.5) is 5.69 Å². The summed E-state index contributed by atoms with van der Waals surface area (Å²) in [5.74, 6) is 0. The first-order valence-corrected chi connectivity index (χ1v) is 6.43. The number of non-ortho nitro benzene ring substituents is 1. The summed E-state index contributed by atoms with van der Waals surface area (Å²) in [4.78, 5) is 10.1. The highest BCUT2D eigenvalue weighted by Gasteiger charge is 2.15. The van der Waals surface area contributed by atoms with Crippen molar-refractivity contribution in [3.05, 3.63) is 39.9 Å². The summed E-state index contributed by atoms with van der Waals surface area (Å²) < 4.78 is 0.0939. The zero-order valence-corrected chi connectivity index (χ0v) is 11.6.